The zero-order chi connectivity index (χ0) is 12.7. The third kappa shape index (κ3) is 1.48. The van der Waals surface area contributed by atoms with E-state index in [1.54, 1.807) is 12.1 Å². The van der Waals surface area contributed by atoms with Gasteiger partial charge in [-0.05, 0) is 24.6 Å². The van der Waals surface area contributed by atoms with Crippen LogP contribution in [0.1, 0.15) is 15.9 Å². The van der Waals surface area contributed by atoms with Gasteiger partial charge in [0.05, 0.1) is 5.52 Å². The first-order valence-corrected chi connectivity index (χ1v) is 5.58. The lowest BCUT2D eigenvalue weighted by atomic mass is 10.0. The molecule has 5 heteroatoms. The number of amides is 1. The molecule has 0 fully saturated rings. The highest BCUT2D eigenvalue weighted by Crippen LogP contribution is 2.28. The second-order valence-electron chi connectivity index (χ2n) is 4.25. The van der Waals surface area contributed by atoms with E-state index >= 15 is 0 Å². The molecule has 1 amide bonds. The SMILES string of the molecule is Cc1cc(C(N)=O)ccc1-c1n[nH]c2c[nH]cc12. The predicted molar refractivity (Wildman–Crippen MR) is 69.1 cm³/mol. The Morgan fingerprint density at radius 2 is 2.17 bits per heavy atom. The zero-order valence-electron chi connectivity index (χ0n) is 9.82. The number of hydrogen-bond donors (Lipinski definition) is 3. The number of aromatic amines is 2. The van der Waals surface area contributed by atoms with Crippen molar-refractivity contribution in [2.45, 2.75) is 6.92 Å². The van der Waals surface area contributed by atoms with Crippen LogP contribution in [0.4, 0.5) is 0 Å². The van der Waals surface area contributed by atoms with E-state index in [2.05, 4.69) is 15.2 Å². The molecule has 0 spiro atoms. The van der Waals surface area contributed by atoms with Crippen LogP contribution < -0.4 is 5.73 Å². The highest BCUT2D eigenvalue weighted by Gasteiger charge is 2.12. The molecule has 0 aliphatic carbocycles. The molecule has 0 unspecified atom stereocenters. The summed E-state index contributed by atoms with van der Waals surface area (Å²) in [6.45, 7) is 1.94. The van der Waals surface area contributed by atoms with Crippen LogP contribution >= 0.6 is 0 Å². The van der Waals surface area contributed by atoms with E-state index in [1.807, 2.05) is 25.4 Å². The fraction of sp³-hybridized carbons (Fsp3) is 0.0769. The topological polar surface area (TPSA) is 87.6 Å². The van der Waals surface area contributed by atoms with Crippen molar-refractivity contribution in [1.82, 2.24) is 15.2 Å². The average molecular weight is 240 g/mol. The number of aryl methyl sites for hydroxylation is 1. The van der Waals surface area contributed by atoms with E-state index in [1.165, 1.54) is 0 Å². The summed E-state index contributed by atoms with van der Waals surface area (Å²) in [5.41, 5.74) is 9.57. The Bertz CT molecular complexity index is 738. The number of nitrogens with two attached hydrogens (primary N) is 1. The summed E-state index contributed by atoms with van der Waals surface area (Å²) >= 11 is 0. The highest BCUT2D eigenvalue weighted by molar-refractivity contribution is 5.96. The second-order valence-corrected chi connectivity index (χ2v) is 4.25. The number of H-pyrrole nitrogens is 2. The van der Waals surface area contributed by atoms with Gasteiger partial charge in [-0.3, -0.25) is 9.89 Å². The van der Waals surface area contributed by atoms with Crippen molar-refractivity contribution in [2.24, 2.45) is 5.73 Å². The first kappa shape index (κ1) is 10.6. The van der Waals surface area contributed by atoms with Crippen molar-refractivity contribution >= 4 is 16.8 Å². The maximum atomic E-state index is 11.1. The largest absolute Gasteiger partial charge is 0.366 e. The summed E-state index contributed by atoms with van der Waals surface area (Å²) < 4.78 is 0. The summed E-state index contributed by atoms with van der Waals surface area (Å²) in [6.07, 6.45) is 3.76. The Hall–Kier alpha value is -2.56. The van der Waals surface area contributed by atoms with Gasteiger partial charge in [-0.2, -0.15) is 5.10 Å². The number of carbonyl (C=O) groups is 1. The van der Waals surface area contributed by atoms with E-state index in [4.69, 9.17) is 5.73 Å². The van der Waals surface area contributed by atoms with Crippen LogP contribution in [0.2, 0.25) is 0 Å². The molecule has 0 aliphatic rings. The number of carbonyl (C=O) groups excluding carboxylic acids is 1. The second kappa shape index (κ2) is 3.73. The van der Waals surface area contributed by atoms with Crippen LogP contribution in [-0.2, 0) is 0 Å². The molecule has 3 rings (SSSR count). The quantitative estimate of drug-likeness (QED) is 0.639. The lowest BCUT2D eigenvalue weighted by Gasteiger charge is -2.04. The molecule has 90 valence electrons. The number of primary amides is 1. The smallest absolute Gasteiger partial charge is 0.248 e. The van der Waals surface area contributed by atoms with E-state index in [-0.39, 0.29) is 0 Å². The van der Waals surface area contributed by atoms with Crippen LogP contribution in [-0.4, -0.2) is 21.1 Å². The van der Waals surface area contributed by atoms with Crippen molar-refractivity contribution in [3.8, 4) is 11.3 Å². The first-order chi connectivity index (χ1) is 8.66. The van der Waals surface area contributed by atoms with Crippen molar-refractivity contribution in [2.75, 3.05) is 0 Å². The molecule has 5 nitrogen and oxygen atoms in total. The number of nitrogens with zero attached hydrogens (tertiary/aromatic N) is 1. The van der Waals surface area contributed by atoms with E-state index < -0.39 is 5.91 Å². The average Bonchev–Trinajstić information content (AvgIpc) is 2.91. The van der Waals surface area contributed by atoms with E-state index in [0.717, 1.165) is 27.7 Å². The molecular formula is C13H12N4O. The third-order valence-electron chi connectivity index (χ3n) is 3.05. The van der Waals surface area contributed by atoms with Crippen LogP contribution in [0, 0.1) is 6.92 Å². The fourth-order valence-corrected chi connectivity index (χ4v) is 2.12. The molecule has 0 atom stereocenters. The summed E-state index contributed by atoms with van der Waals surface area (Å²) in [6, 6.07) is 5.38. The van der Waals surface area contributed by atoms with Gasteiger partial charge in [0.25, 0.3) is 0 Å². The summed E-state index contributed by atoms with van der Waals surface area (Å²) in [5, 5.41) is 8.29. The number of rotatable bonds is 2. The highest BCUT2D eigenvalue weighted by atomic mass is 16.1. The minimum absolute atomic E-state index is 0.418. The molecule has 0 aliphatic heterocycles. The van der Waals surface area contributed by atoms with E-state index in [9.17, 15) is 4.79 Å². The van der Waals surface area contributed by atoms with Crippen molar-refractivity contribution in [3.05, 3.63) is 41.7 Å². The van der Waals surface area contributed by atoms with Gasteiger partial charge in [-0.15, -0.1) is 0 Å². The van der Waals surface area contributed by atoms with Gasteiger partial charge >= 0.3 is 0 Å². The standard InChI is InChI=1S/C13H12N4O/c1-7-4-8(13(14)18)2-3-9(7)12-10-5-15-6-11(10)16-17-12/h2-6,15-16H,1H3,(H2,14,18). The maximum Gasteiger partial charge on any atom is 0.248 e. The Morgan fingerprint density at radius 1 is 1.33 bits per heavy atom. The molecule has 0 bridgehead atoms. The molecule has 2 heterocycles. The number of benzene rings is 1. The van der Waals surface area contributed by atoms with Crippen LogP contribution in [0.15, 0.2) is 30.6 Å². The maximum absolute atomic E-state index is 11.1. The molecule has 4 N–H and O–H groups in total. The van der Waals surface area contributed by atoms with Crippen LogP contribution in [0.5, 0.6) is 0 Å². The number of nitrogens with one attached hydrogen (secondary N) is 2. The minimum Gasteiger partial charge on any atom is -0.366 e. The summed E-state index contributed by atoms with van der Waals surface area (Å²) in [7, 11) is 0. The van der Waals surface area contributed by atoms with Crippen LogP contribution in [0.25, 0.3) is 22.2 Å². The van der Waals surface area contributed by atoms with E-state index in [0.29, 0.717) is 5.56 Å². The Balaban J connectivity index is 2.18. The van der Waals surface area contributed by atoms with Gasteiger partial charge in [-0.25, -0.2) is 0 Å². The third-order valence-corrected chi connectivity index (χ3v) is 3.05. The molecule has 18 heavy (non-hydrogen) atoms. The Labute approximate surface area is 103 Å². The zero-order valence-corrected chi connectivity index (χ0v) is 9.82. The monoisotopic (exact) mass is 240 g/mol. The van der Waals surface area contributed by atoms with Gasteiger partial charge < -0.3 is 10.7 Å². The minimum atomic E-state index is -0.418. The summed E-state index contributed by atoms with van der Waals surface area (Å²) in [5.74, 6) is -0.418. The predicted octanol–water partition coefficient (Wildman–Crippen LogP) is 1.97. The lowest BCUT2D eigenvalue weighted by Crippen LogP contribution is -2.10. The molecule has 0 radical (unpaired) electrons. The first-order valence-electron chi connectivity index (χ1n) is 5.58. The van der Waals surface area contributed by atoms with Gasteiger partial charge in [-0.1, -0.05) is 6.07 Å². The number of hydrogen-bond acceptors (Lipinski definition) is 2. The molecular weight excluding hydrogens is 228 g/mol. The molecule has 1 aromatic carbocycles. The molecule has 3 aromatic rings. The number of aromatic nitrogens is 3. The normalized spacial score (nSPS) is 10.9. The van der Waals surface area contributed by atoms with Crippen molar-refractivity contribution in [3.63, 3.8) is 0 Å². The molecule has 0 saturated heterocycles. The Morgan fingerprint density at radius 3 is 2.89 bits per heavy atom. The van der Waals surface area contributed by atoms with Crippen molar-refractivity contribution in [1.29, 1.82) is 0 Å². The number of fused-ring (bicyclic) bond motifs is 1. The van der Waals surface area contributed by atoms with Gasteiger partial charge in [0.2, 0.25) is 5.91 Å². The molecule has 2 aromatic heterocycles. The van der Waals surface area contributed by atoms with Crippen molar-refractivity contribution < 1.29 is 4.79 Å². The Kier molecular flexibility index (Phi) is 2.19. The van der Waals surface area contributed by atoms with Gasteiger partial charge in [0.1, 0.15) is 5.69 Å². The van der Waals surface area contributed by atoms with Gasteiger partial charge in [0.15, 0.2) is 0 Å². The fourth-order valence-electron chi connectivity index (χ4n) is 2.12. The lowest BCUT2D eigenvalue weighted by molar-refractivity contribution is 0.1000. The molecule has 0 saturated carbocycles. The van der Waals surface area contributed by atoms with Gasteiger partial charge in [0, 0.05) is 28.9 Å². The van der Waals surface area contributed by atoms with Crippen LogP contribution in [0.3, 0.4) is 0 Å². The summed E-state index contributed by atoms with van der Waals surface area (Å²) in [4.78, 5) is 14.1.